The van der Waals surface area contributed by atoms with Crippen LogP contribution in [0.25, 0.3) is 0 Å². The number of rotatable bonds is 6. The molecule has 0 aliphatic heterocycles. The maximum Gasteiger partial charge on any atom is 0.339 e. The molecule has 0 saturated heterocycles. The van der Waals surface area contributed by atoms with Gasteiger partial charge in [0.15, 0.2) is 5.82 Å². The van der Waals surface area contributed by atoms with Crippen LogP contribution in [0.15, 0.2) is 57.9 Å². The first-order valence-corrected chi connectivity index (χ1v) is 8.91. The minimum atomic E-state index is -0.384. The van der Waals surface area contributed by atoms with Crippen molar-refractivity contribution in [2.75, 3.05) is 0 Å². The Labute approximate surface area is 154 Å². The van der Waals surface area contributed by atoms with E-state index in [1.54, 1.807) is 31.2 Å². The molecule has 1 aromatic heterocycles. The molecule has 0 fully saturated rings. The van der Waals surface area contributed by atoms with E-state index in [1.165, 1.54) is 11.8 Å². The van der Waals surface area contributed by atoms with Crippen molar-refractivity contribution in [3.63, 3.8) is 0 Å². The first kappa shape index (κ1) is 17.5. The van der Waals surface area contributed by atoms with Gasteiger partial charge in [-0.3, -0.25) is 0 Å². The van der Waals surface area contributed by atoms with Crippen molar-refractivity contribution < 1.29 is 14.1 Å². The van der Waals surface area contributed by atoms with Crippen LogP contribution in [0.5, 0.6) is 0 Å². The van der Waals surface area contributed by atoms with Crippen LogP contribution >= 0.6 is 23.4 Å². The van der Waals surface area contributed by atoms with Crippen LogP contribution in [0.4, 0.5) is 0 Å². The largest absolute Gasteiger partial charge is 0.457 e. The number of hydrogen-bond acceptors (Lipinski definition) is 6. The highest BCUT2D eigenvalue weighted by molar-refractivity contribution is 7.98. The Morgan fingerprint density at radius 1 is 1.24 bits per heavy atom. The lowest BCUT2D eigenvalue weighted by Crippen LogP contribution is -2.06. The Morgan fingerprint density at radius 3 is 2.84 bits per heavy atom. The second-order valence-electron chi connectivity index (χ2n) is 5.23. The zero-order chi connectivity index (χ0) is 17.6. The average molecular weight is 375 g/mol. The number of thioether (sulfide) groups is 1. The van der Waals surface area contributed by atoms with Gasteiger partial charge in [0.25, 0.3) is 0 Å². The first-order valence-electron chi connectivity index (χ1n) is 7.54. The molecule has 2 aromatic carbocycles. The summed E-state index contributed by atoms with van der Waals surface area (Å²) < 4.78 is 10.5. The fraction of sp³-hybridized carbons (Fsp3) is 0.167. The molecule has 0 amide bonds. The summed E-state index contributed by atoms with van der Waals surface area (Å²) in [5, 5.41) is 4.37. The number of esters is 1. The van der Waals surface area contributed by atoms with Gasteiger partial charge < -0.3 is 9.26 Å². The summed E-state index contributed by atoms with van der Waals surface area (Å²) in [5.74, 6) is 1.21. The van der Waals surface area contributed by atoms with Crippen molar-refractivity contribution in [3.8, 4) is 0 Å². The number of carbonyl (C=O) groups excluding carboxylic acids is 1. The predicted molar refractivity (Wildman–Crippen MR) is 95.6 cm³/mol. The van der Waals surface area contributed by atoms with Crippen LogP contribution in [0.2, 0.25) is 5.02 Å². The third kappa shape index (κ3) is 4.84. The molecular weight excluding hydrogens is 360 g/mol. The van der Waals surface area contributed by atoms with Gasteiger partial charge in [0.2, 0.25) is 5.89 Å². The van der Waals surface area contributed by atoms with E-state index in [9.17, 15) is 4.79 Å². The highest BCUT2D eigenvalue weighted by Crippen LogP contribution is 2.26. The van der Waals surface area contributed by atoms with Gasteiger partial charge in [0.05, 0.1) is 11.3 Å². The van der Waals surface area contributed by atoms with E-state index in [4.69, 9.17) is 20.9 Å². The highest BCUT2D eigenvalue weighted by Gasteiger charge is 2.14. The van der Waals surface area contributed by atoms with Crippen LogP contribution in [-0.4, -0.2) is 16.1 Å². The number of aryl methyl sites for hydroxylation is 1. The molecule has 0 bridgehead atoms. The lowest BCUT2D eigenvalue weighted by atomic mass is 10.2. The maximum absolute atomic E-state index is 12.4. The summed E-state index contributed by atoms with van der Waals surface area (Å²) in [4.78, 5) is 17.4. The van der Waals surface area contributed by atoms with E-state index < -0.39 is 0 Å². The Hall–Kier alpha value is -2.31. The van der Waals surface area contributed by atoms with Gasteiger partial charge in [-0.25, -0.2) is 4.79 Å². The molecule has 0 unspecified atom stereocenters. The van der Waals surface area contributed by atoms with Gasteiger partial charge in [0.1, 0.15) is 6.61 Å². The molecule has 5 nitrogen and oxygen atoms in total. The summed E-state index contributed by atoms with van der Waals surface area (Å²) in [6.45, 7) is 1.93. The second-order valence-corrected chi connectivity index (χ2v) is 6.68. The number of hydrogen-bond donors (Lipinski definition) is 0. The summed E-state index contributed by atoms with van der Waals surface area (Å²) in [7, 11) is 0. The predicted octanol–water partition coefficient (Wildman–Crippen LogP) is 4.68. The lowest BCUT2D eigenvalue weighted by Gasteiger charge is -2.09. The molecule has 0 atom stereocenters. The molecule has 25 heavy (non-hydrogen) atoms. The van der Waals surface area contributed by atoms with Gasteiger partial charge >= 0.3 is 5.97 Å². The second kappa shape index (κ2) is 8.18. The zero-order valence-corrected chi connectivity index (χ0v) is 15.0. The van der Waals surface area contributed by atoms with Crippen molar-refractivity contribution in [3.05, 3.63) is 76.4 Å². The molecule has 0 radical (unpaired) electrons. The van der Waals surface area contributed by atoms with E-state index in [-0.39, 0.29) is 12.6 Å². The smallest absolute Gasteiger partial charge is 0.339 e. The molecule has 0 spiro atoms. The number of halogens is 1. The van der Waals surface area contributed by atoms with E-state index in [0.29, 0.717) is 28.1 Å². The number of nitrogens with zero attached hydrogens (tertiary/aromatic N) is 2. The Bertz CT molecular complexity index is 882. The molecular formula is C18H15ClN2O3S. The number of aromatic nitrogens is 2. The summed E-state index contributed by atoms with van der Waals surface area (Å²) in [5.41, 5.74) is 1.35. The van der Waals surface area contributed by atoms with Crippen LogP contribution in [0.1, 0.15) is 27.6 Å². The van der Waals surface area contributed by atoms with Crippen LogP contribution < -0.4 is 0 Å². The molecule has 0 N–H and O–H groups in total. The molecule has 0 aliphatic carbocycles. The Kier molecular flexibility index (Phi) is 5.73. The molecule has 1 heterocycles. The van der Waals surface area contributed by atoms with Gasteiger partial charge in [-0.15, -0.1) is 11.8 Å². The van der Waals surface area contributed by atoms with Crippen molar-refractivity contribution in [2.45, 2.75) is 24.2 Å². The Morgan fingerprint density at radius 2 is 2.08 bits per heavy atom. The number of carbonyl (C=O) groups is 1. The molecule has 3 rings (SSSR count). The van der Waals surface area contributed by atoms with E-state index >= 15 is 0 Å². The fourth-order valence-electron chi connectivity index (χ4n) is 2.15. The van der Waals surface area contributed by atoms with Crippen LogP contribution in [0, 0.1) is 6.92 Å². The summed E-state index contributed by atoms with van der Waals surface area (Å²) >= 11 is 7.39. The molecule has 7 heteroatoms. The summed E-state index contributed by atoms with van der Waals surface area (Å²) in [6, 6.07) is 14.5. The number of ether oxygens (including phenoxy) is 1. The summed E-state index contributed by atoms with van der Waals surface area (Å²) in [6.07, 6.45) is 0. The Balaban J connectivity index is 1.65. The zero-order valence-electron chi connectivity index (χ0n) is 13.4. The van der Waals surface area contributed by atoms with Crippen LogP contribution in [0.3, 0.4) is 0 Å². The van der Waals surface area contributed by atoms with Gasteiger partial charge in [0, 0.05) is 9.92 Å². The van der Waals surface area contributed by atoms with Crippen molar-refractivity contribution in [2.24, 2.45) is 0 Å². The van der Waals surface area contributed by atoms with Gasteiger partial charge in [-0.2, -0.15) is 4.98 Å². The number of benzene rings is 2. The minimum Gasteiger partial charge on any atom is -0.457 e. The van der Waals surface area contributed by atoms with Crippen molar-refractivity contribution >= 4 is 29.3 Å². The van der Waals surface area contributed by atoms with E-state index in [2.05, 4.69) is 10.1 Å². The fourth-order valence-corrected chi connectivity index (χ4v) is 3.24. The van der Waals surface area contributed by atoms with Crippen molar-refractivity contribution in [1.29, 1.82) is 0 Å². The third-order valence-corrected chi connectivity index (χ3v) is 4.58. The molecule has 0 saturated carbocycles. The topological polar surface area (TPSA) is 65.2 Å². The molecule has 3 aromatic rings. The third-order valence-electron chi connectivity index (χ3n) is 3.29. The highest BCUT2D eigenvalue weighted by atomic mass is 35.5. The van der Waals surface area contributed by atoms with E-state index in [0.717, 1.165) is 10.5 Å². The first-order chi connectivity index (χ1) is 12.1. The monoisotopic (exact) mass is 374 g/mol. The quantitative estimate of drug-likeness (QED) is 0.461. The average Bonchev–Trinajstić information content (AvgIpc) is 3.03. The maximum atomic E-state index is 12.4. The van der Waals surface area contributed by atoms with Crippen LogP contribution in [-0.2, 0) is 17.1 Å². The van der Waals surface area contributed by atoms with Gasteiger partial charge in [-0.1, -0.05) is 41.0 Å². The molecule has 128 valence electrons. The SMILES string of the molecule is Cc1noc(CSc2ccccc2C(=O)OCc2cccc(Cl)c2)n1. The normalized spacial score (nSPS) is 10.6. The minimum absolute atomic E-state index is 0.168. The van der Waals surface area contributed by atoms with E-state index in [1.807, 2.05) is 24.3 Å². The standard InChI is InChI=1S/C18H15ClN2O3S/c1-12-20-17(24-21-12)11-25-16-8-3-2-7-15(16)18(22)23-10-13-5-4-6-14(19)9-13/h2-9H,10-11H2,1H3. The molecule has 0 aliphatic rings. The lowest BCUT2D eigenvalue weighted by molar-refractivity contribution is 0.0468. The van der Waals surface area contributed by atoms with Gasteiger partial charge in [-0.05, 0) is 36.8 Å². The van der Waals surface area contributed by atoms with Crippen molar-refractivity contribution in [1.82, 2.24) is 10.1 Å².